The SMILES string of the molecule is CCCCCCCCCCCCCCCCCCCC/C=C\CCCCCCCCCCCCCCCCCCC(O)C(=O)NC(CO)C(O)CCCCCCCCCCCCCCCCCC. The van der Waals surface area contributed by atoms with Gasteiger partial charge in [0, 0.05) is 0 Å². The molecule has 0 rings (SSSR count). The summed E-state index contributed by atoms with van der Waals surface area (Å²) in [6, 6.07) is -0.709. The van der Waals surface area contributed by atoms with Crippen LogP contribution in [0.25, 0.3) is 0 Å². The van der Waals surface area contributed by atoms with Gasteiger partial charge >= 0.3 is 0 Å². The van der Waals surface area contributed by atoms with E-state index in [1.165, 1.54) is 302 Å². The van der Waals surface area contributed by atoms with Gasteiger partial charge in [-0.2, -0.15) is 0 Å². The number of rotatable bonds is 59. The van der Waals surface area contributed by atoms with E-state index < -0.39 is 24.2 Å². The van der Waals surface area contributed by atoms with E-state index in [1.807, 2.05) is 0 Å². The van der Waals surface area contributed by atoms with Crippen molar-refractivity contribution in [2.24, 2.45) is 0 Å². The third kappa shape index (κ3) is 52.9. The molecule has 0 saturated carbocycles. The lowest BCUT2D eigenvalue weighted by atomic mass is 10.0. The van der Waals surface area contributed by atoms with Crippen molar-refractivity contribution in [1.82, 2.24) is 5.32 Å². The minimum absolute atomic E-state index is 0.309. The molecule has 0 spiro atoms. The van der Waals surface area contributed by atoms with Gasteiger partial charge in [0.2, 0.25) is 5.91 Å². The molecule has 3 atom stereocenters. The first-order chi connectivity index (χ1) is 33.6. The molecule has 5 nitrogen and oxygen atoms in total. The summed E-state index contributed by atoms with van der Waals surface area (Å²) in [5.74, 6) is -0.464. The third-order valence-corrected chi connectivity index (χ3v) is 15.1. The lowest BCUT2D eigenvalue weighted by molar-refractivity contribution is -0.131. The van der Waals surface area contributed by atoms with Crippen molar-refractivity contribution < 1.29 is 20.1 Å². The van der Waals surface area contributed by atoms with Crippen molar-refractivity contribution in [3.05, 3.63) is 12.2 Å². The number of hydrogen-bond donors (Lipinski definition) is 4. The Kier molecular flexibility index (Phi) is 57.9. The Morgan fingerprint density at radius 2 is 0.559 bits per heavy atom. The van der Waals surface area contributed by atoms with Crippen molar-refractivity contribution in [1.29, 1.82) is 0 Å². The molecule has 4 N–H and O–H groups in total. The highest BCUT2D eigenvalue weighted by Crippen LogP contribution is 2.19. The molecule has 0 aliphatic carbocycles. The lowest BCUT2D eigenvalue weighted by Crippen LogP contribution is -2.49. The fourth-order valence-corrected chi connectivity index (χ4v) is 10.3. The molecule has 0 aromatic heterocycles. The fourth-order valence-electron chi connectivity index (χ4n) is 10.3. The number of nitrogens with one attached hydrogen (secondary N) is 1. The van der Waals surface area contributed by atoms with Gasteiger partial charge in [-0.15, -0.1) is 0 Å². The van der Waals surface area contributed by atoms with E-state index in [0.717, 1.165) is 32.1 Å². The first-order valence-electron chi connectivity index (χ1n) is 31.5. The second-order valence-electron chi connectivity index (χ2n) is 22.0. The molecule has 1 amide bonds. The standard InChI is InChI=1S/C63H125NO4/c1-3-5-7-9-11-13-15-17-19-21-22-23-24-25-26-27-28-29-30-31-32-33-34-35-36-37-38-39-40-41-42-44-46-48-50-52-54-56-58-62(67)63(68)64-60(59-65)61(66)57-55-53-51-49-47-45-43-20-18-16-14-12-10-8-6-4-2/h31-32,60-62,65-67H,3-30,33-59H2,1-2H3,(H,64,68)/b32-31-. The van der Waals surface area contributed by atoms with Gasteiger partial charge < -0.3 is 20.6 Å². The summed E-state index contributed by atoms with van der Waals surface area (Å²) < 4.78 is 0. The number of aliphatic hydroxyl groups excluding tert-OH is 3. The molecule has 3 unspecified atom stereocenters. The predicted molar refractivity (Wildman–Crippen MR) is 301 cm³/mol. The number of amides is 1. The van der Waals surface area contributed by atoms with E-state index >= 15 is 0 Å². The van der Waals surface area contributed by atoms with Gasteiger partial charge in [-0.1, -0.05) is 334 Å². The van der Waals surface area contributed by atoms with E-state index in [0.29, 0.717) is 12.8 Å². The Bertz CT molecular complexity index is 971. The van der Waals surface area contributed by atoms with Crippen molar-refractivity contribution in [2.45, 2.75) is 379 Å². The number of carbonyl (C=O) groups is 1. The molecule has 0 bridgehead atoms. The number of aliphatic hydroxyl groups is 3. The summed E-state index contributed by atoms with van der Waals surface area (Å²) in [7, 11) is 0. The molecule has 0 aliphatic rings. The second kappa shape index (κ2) is 58.7. The normalized spacial score (nSPS) is 13.2. The maximum absolute atomic E-state index is 12.6. The Hall–Kier alpha value is -0.910. The minimum atomic E-state index is -1.07. The van der Waals surface area contributed by atoms with Crippen molar-refractivity contribution in [3.8, 4) is 0 Å². The molecule has 0 aromatic rings. The quantitative estimate of drug-likeness (QED) is 0.0361. The highest BCUT2D eigenvalue weighted by Gasteiger charge is 2.23. The number of carbonyl (C=O) groups excluding carboxylic acids is 1. The highest BCUT2D eigenvalue weighted by atomic mass is 16.3. The Morgan fingerprint density at radius 3 is 0.809 bits per heavy atom. The van der Waals surface area contributed by atoms with Crippen LogP contribution in [0.2, 0.25) is 0 Å². The Morgan fingerprint density at radius 1 is 0.338 bits per heavy atom. The third-order valence-electron chi connectivity index (χ3n) is 15.1. The molecule has 0 aliphatic heterocycles. The van der Waals surface area contributed by atoms with Crippen LogP contribution in [0.5, 0.6) is 0 Å². The maximum Gasteiger partial charge on any atom is 0.249 e. The topological polar surface area (TPSA) is 89.8 Å². The van der Waals surface area contributed by atoms with Crippen LogP contribution in [0, 0.1) is 0 Å². The molecular formula is C63H125NO4. The zero-order valence-corrected chi connectivity index (χ0v) is 46.5. The zero-order valence-electron chi connectivity index (χ0n) is 46.5. The molecule has 68 heavy (non-hydrogen) atoms. The maximum atomic E-state index is 12.6. The van der Waals surface area contributed by atoms with Crippen LogP contribution >= 0.6 is 0 Å². The van der Waals surface area contributed by atoms with Crippen molar-refractivity contribution in [2.75, 3.05) is 6.61 Å². The smallest absolute Gasteiger partial charge is 0.249 e. The van der Waals surface area contributed by atoms with Gasteiger partial charge in [-0.05, 0) is 38.5 Å². The molecule has 0 heterocycles. The fraction of sp³-hybridized carbons (Fsp3) is 0.952. The average Bonchev–Trinajstić information content (AvgIpc) is 3.34. The van der Waals surface area contributed by atoms with Gasteiger partial charge in [0.05, 0.1) is 18.8 Å². The van der Waals surface area contributed by atoms with E-state index in [1.54, 1.807) is 0 Å². The van der Waals surface area contributed by atoms with Crippen LogP contribution in [0.3, 0.4) is 0 Å². The molecule has 0 radical (unpaired) electrons. The molecule has 406 valence electrons. The van der Waals surface area contributed by atoms with Crippen LogP contribution in [0.15, 0.2) is 12.2 Å². The van der Waals surface area contributed by atoms with Gasteiger partial charge in [-0.3, -0.25) is 4.79 Å². The molecule has 5 heteroatoms. The number of allylic oxidation sites excluding steroid dienone is 2. The summed E-state index contributed by atoms with van der Waals surface area (Å²) in [5.41, 5.74) is 0. The van der Waals surface area contributed by atoms with Crippen LogP contribution in [-0.2, 0) is 4.79 Å². The summed E-state index contributed by atoms with van der Waals surface area (Å²) in [4.78, 5) is 12.6. The van der Waals surface area contributed by atoms with E-state index in [9.17, 15) is 20.1 Å². The summed E-state index contributed by atoms with van der Waals surface area (Å²) in [6.45, 7) is 4.27. The Labute approximate surface area is 427 Å². The zero-order chi connectivity index (χ0) is 49.3. The first kappa shape index (κ1) is 67.1. The minimum Gasteiger partial charge on any atom is -0.394 e. The van der Waals surface area contributed by atoms with Crippen LogP contribution in [-0.4, -0.2) is 46.1 Å². The highest BCUT2D eigenvalue weighted by molar-refractivity contribution is 5.80. The summed E-state index contributed by atoms with van der Waals surface area (Å²) in [5, 5.41) is 33.6. The Balaban J connectivity index is 3.42. The molecule has 0 aromatic carbocycles. The van der Waals surface area contributed by atoms with Crippen molar-refractivity contribution >= 4 is 5.91 Å². The van der Waals surface area contributed by atoms with Crippen LogP contribution in [0.1, 0.15) is 361 Å². The van der Waals surface area contributed by atoms with E-state index in [4.69, 9.17) is 0 Å². The largest absolute Gasteiger partial charge is 0.394 e. The summed E-state index contributed by atoms with van der Waals surface area (Å²) >= 11 is 0. The van der Waals surface area contributed by atoms with E-state index in [-0.39, 0.29) is 6.61 Å². The predicted octanol–water partition coefficient (Wildman–Crippen LogP) is 19.8. The van der Waals surface area contributed by atoms with Gasteiger partial charge in [0.1, 0.15) is 6.10 Å². The van der Waals surface area contributed by atoms with Crippen LogP contribution in [0.4, 0.5) is 0 Å². The molecule has 0 fully saturated rings. The second-order valence-corrected chi connectivity index (χ2v) is 22.0. The lowest BCUT2D eigenvalue weighted by Gasteiger charge is -2.23. The number of unbranched alkanes of at least 4 members (excludes halogenated alkanes) is 49. The monoisotopic (exact) mass is 960 g/mol. The average molecular weight is 961 g/mol. The van der Waals surface area contributed by atoms with Crippen molar-refractivity contribution in [3.63, 3.8) is 0 Å². The van der Waals surface area contributed by atoms with Crippen LogP contribution < -0.4 is 5.32 Å². The van der Waals surface area contributed by atoms with E-state index in [2.05, 4.69) is 31.3 Å². The van der Waals surface area contributed by atoms with Gasteiger partial charge in [-0.25, -0.2) is 0 Å². The molecular weight excluding hydrogens is 835 g/mol. The van der Waals surface area contributed by atoms with Gasteiger partial charge in [0.15, 0.2) is 0 Å². The first-order valence-corrected chi connectivity index (χ1v) is 31.5. The number of hydrogen-bond acceptors (Lipinski definition) is 4. The summed E-state index contributed by atoms with van der Waals surface area (Å²) in [6.07, 6.45) is 74.4. The molecule has 0 saturated heterocycles. The van der Waals surface area contributed by atoms with Gasteiger partial charge in [0.25, 0.3) is 0 Å².